The maximum atomic E-state index is 13.1. The van der Waals surface area contributed by atoms with Crippen LogP contribution in [0.2, 0.25) is 0 Å². The average Bonchev–Trinajstić information content (AvgIpc) is 2.61. The van der Waals surface area contributed by atoms with Gasteiger partial charge < -0.3 is 10.2 Å². The van der Waals surface area contributed by atoms with Crippen LogP contribution in [0.15, 0.2) is 36.7 Å². The first-order valence-electron chi connectivity index (χ1n) is 7.97. The fourth-order valence-electron chi connectivity index (χ4n) is 2.83. The number of aromatic nitrogens is 2. The first kappa shape index (κ1) is 18.6. The van der Waals surface area contributed by atoms with E-state index in [1.807, 2.05) is 7.05 Å². The maximum absolute atomic E-state index is 13.1. The van der Waals surface area contributed by atoms with Crippen LogP contribution in [-0.4, -0.2) is 61.2 Å². The van der Waals surface area contributed by atoms with Gasteiger partial charge in [-0.25, -0.2) is 9.37 Å². The van der Waals surface area contributed by atoms with Crippen LogP contribution in [0, 0.1) is 5.82 Å². The minimum atomic E-state index is -0.239. The molecule has 1 aliphatic heterocycles. The molecule has 2 heterocycles. The fourth-order valence-corrected chi connectivity index (χ4v) is 2.83. The second kappa shape index (κ2) is 8.92. The molecule has 0 amide bonds. The third-order valence-electron chi connectivity index (χ3n) is 4.15. The highest BCUT2D eigenvalue weighted by Gasteiger charge is 2.21. The van der Waals surface area contributed by atoms with Crippen LogP contribution < -0.4 is 10.2 Å². The SMILES string of the molecule is CNCCN1CCN(c2nccnc2-c2ccc(F)cc2)CC1.Cl. The summed E-state index contributed by atoms with van der Waals surface area (Å²) in [5.74, 6) is 0.643. The predicted molar refractivity (Wildman–Crippen MR) is 97.3 cm³/mol. The molecule has 5 nitrogen and oxygen atoms in total. The molecule has 0 bridgehead atoms. The smallest absolute Gasteiger partial charge is 0.155 e. The van der Waals surface area contributed by atoms with Gasteiger partial charge in [-0.15, -0.1) is 12.4 Å². The maximum Gasteiger partial charge on any atom is 0.155 e. The Bertz CT molecular complexity index is 629. The van der Waals surface area contributed by atoms with Gasteiger partial charge in [0.05, 0.1) is 0 Å². The summed E-state index contributed by atoms with van der Waals surface area (Å²) in [6.07, 6.45) is 3.40. The zero-order chi connectivity index (χ0) is 16.1. The Morgan fingerprint density at radius 3 is 2.38 bits per heavy atom. The van der Waals surface area contributed by atoms with Crippen molar-refractivity contribution in [3.63, 3.8) is 0 Å². The third kappa shape index (κ3) is 4.41. The molecule has 0 spiro atoms. The molecule has 0 unspecified atom stereocenters. The minimum absolute atomic E-state index is 0. The van der Waals surface area contributed by atoms with Crippen molar-refractivity contribution in [1.82, 2.24) is 20.2 Å². The van der Waals surface area contributed by atoms with Crippen molar-refractivity contribution in [3.05, 3.63) is 42.5 Å². The standard InChI is InChI=1S/C17H22FN5.ClH/c1-19-8-9-22-10-12-23(13-11-22)17-16(20-6-7-21-17)14-2-4-15(18)5-3-14;/h2-7,19H,8-13H2,1H3;1H. The van der Waals surface area contributed by atoms with Crippen LogP contribution in [0.3, 0.4) is 0 Å². The Morgan fingerprint density at radius 2 is 1.71 bits per heavy atom. The molecule has 1 aromatic heterocycles. The molecule has 1 N–H and O–H groups in total. The molecule has 2 aromatic rings. The number of nitrogens with one attached hydrogen (secondary N) is 1. The highest BCUT2D eigenvalue weighted by Crippen LogP contribution is 2.27. The molecule has 24 heavy (non-hydrogen) atoms. The summed E-state index contributed by atoms with van der Waals surface area (Å²) in [6.45, 7) is 5.96. The van der Waals surface area contributed by atoms with E-state index < -0.39 is 0 Å². The Hall–Kier alpha value is -1.76. The van der Waals surface area contributed by atoms with E-state index >= 15 is 0 Å². The van der Waals surface area contributed by atoms with Crippen molar-refractivity contribution in [2.45, 2.75) is 0 Å². The lowest BCUT2D eigenvalue weighted by Gasteiger charge is -2.35. The summed E-state index contributed by atoms with van der Waals surface area (Å²) in [5, 5.41) is 3.18. The van der Waals surface area contributed by atoms with Gasteiger partial charge in [0, 0.05) is 57.2 Å². The number of anilines is 1. The Kier molecular flexibility index (Phi) is 6.90. The zero-order valence-corrected chi connectivity index (χ0v) is 14.6. The van der Waals surface area contributed by atoms with Gasteiger partial charge in [0.25, 0.3) is 0 Å². The van der Waals surface area contributed by atoms with Gasteiger partial charge >= 0.3 is 0 Å². The average molecular weight is 352 g/mol. The van der Waals surface area contributed by atoms with Gasteiger partial charge in [0.1, 0.15) is 11.5 Å². The quantitative estimate of drug-likeness (QED) is 0.893. The van der Waals surface area contributed by atoms with Crippen molar-refractivity contribution in [1.29, 1.82) is 0 Å². The summed E-state index contributed by atoms with van der Waals surface area (Å²) in [5.41, 5.74) is 1.71. The van der Waals surface area contributed by atoms with E-state index in [1.165, 1.54) is 12.1 Å². The molecular formula is C17H23ClFN5. The first-order chi connectivity index (χ1) is 11.3. The predicted octanol–water partition coefficient (Wildman–Crippen LogP) is 2.05. The molecule has 3 rings (SSSR count). The first-order valence-corrected chi connectivity index (χ1v) is 7.97. The van der Waals surface area contributed by atoms with E-state index in [1.54, 1.807) is 24.5 Å². The summed E-state index contributed by atoms with van der Waals surface area (Å²) in [6, 6.07) is 6.44. The van der Waals surface area contributed by atoms with Gasteiger partial charge in [0.2, 0.25) is 0 Å². The molecule has 0 radical (unpaired) electrons. The monoisotopic (exact) mass is 351 g/mol. The summed E-state index contributed by atoms with van der Waals surface area (Å²) in [7, 11) is 1.98. The van der Waals surface area contributed by atoms with Crippen molar-refractivity contribution in [2.75, 3.05) is 51.2 Å². The Labute approximate surface area is 148 Å². The van der Waals surface area contributed by atoms with E-state index in [0.29, 0.717) is 0 Å². The highest BCUT2D eigenvalue weighted by molar-refractivity contribution is 5.85. The van der Waals surface area contributed by atoms with Crippen LogP contribution >= 0.6 is 12.4 Å². The molecule has 130 valence electrons. The number of hydrogen-bond donors (Lipinski definition) is 1. The van der Waals surface area contributed by atoms with Crippen molar-refractivity contribution >= 4 is 18.2 Å². The lowest BCUT2D eigenvalue weighted by molar-refractivity contribution is 0.259. The number of nitrogens with zero attached hydrogens (tertiary/aromatic N) is 4. The molecule has 1 aromatic carbocycles. The van der Waals surface area contributed by atoms with Gasteiger partial charge in [-0.2, -0.15) is 0 Å². The molecule has 1 saturated heterocycles. The summed E-state index contributed by atoms with van der Waals surface area (Å²) >= 11 is 0. The van der Waals surface area contributed by atoms with Gasteiger partial charge in [-0.3, -0.25) is 9.88 Å². The van der Waals surface area contributed by atoms with E-state index in [4.69, 9.17) is 0 Å². The zero-order valence-electron chi connectivity index (χ0n) is 13.8. The van der Waals surface area contributed by atoms with E-state index in [-0.39, 0.29) is 18.2 Å². The summed E-state index contributed by atoms with van der Waals surface area (Å²) in [4.78, 5) is 13.7. The number of halogens is 2. The molecule has 0 atom stereocenters. The minimum Gasteiger partial charge on any atom is -0.352 e. The van der Waals surface area contributed by atoms with Gasteiger partial charge in [-0.1, -0.05) is 0 Å². The second-order valence-electron chi connectivity index (χ2n) is 5.67. The summed E-state index contributed by atoms with van der Waals surface area (Å²) < 4.78 is 13.1. The van der Waals surface area contributed by atoms with E-state index in [2.05, 4.69) is 25.1 Å². The Morgan fingerprint density at radius 1 is 1.04 bits per heavy atom. The molecule has 1 fully saturated rings. The van der Waals surface area contributed by atoms with Crippen LogP contribution in [0.25, 0.3) is 11.3 Å². The topological polar surface area (TPSA) is 44.3 Å². The molecule has 0 saturated carbocycles. The highest BCUT2D eigenvalue weighted by atomic mass is 35.5. The number of likely N-dealkylation sites (N-methyl/N-ethyl adjacent to an activating group) is 1. The lowest BCUT2D eigenvalue weighted by atomic mass is 10.1. The van der Waals surface area contributed by atoms with Crippen LogP contribution in [-0.2, 0) is 0 Å². The number of benzene rings is 1. The number of rotatable bonds is 5. The lowest BCUT2D eigenvalue weighted by Crippen LogP contribution is -2.48. The number of piperazine rings is 1. The van der Waals surface area contributed by atoms with Crippen molar-refractivity contribution < 1.29 is 4.39 Å². The Balaban J connectivity index is 0.00000208. The van der Waals surface area contributed by atoms with Crippen LogP contribution in [0.5, 0.6) is 0 Å². The van der Waals surface area contributed by atoms with E-state index in [0.717, 1.165) is 56.3 Å². The second-order valence-corrected chi connectivity index (χ2v) is 5.67. The number of hydrogen-bond acceptors (Lipinski definition) is 5. The van der Waals surface area contributed by atoms with Crippen LogP contribution in [0.4, 0.5) is 10.2 Å². The van der Waals surface area contributed by atoms with Crippen molar-refractivity contribution in [2.24, 2.45) is 0 Å². The van der Waals surface area contributed by atoms with Crippen LogP contribution in [0.1, 0.15) is 0 Å². The largest absolute Gasteiger partial charge is 0.352 e. The van der Waals surface area contributed by atoms with E-state index in [9.17, 15) is 4.39 Å². The van der Waals surface area contributed by atoms with Gasteiger partial charge in [-0.05, 0) is 31.3 Å². The van der Waals surface area contributed by atoms with Crippen molar-refractivity contribution in [3.8, 4) is 11.3 Å². The fraction of sp³-hybridized carbons (Fsp3) is 0.412. The normalized spacial score (nSPS) is 15.2. The molecular weight excluding hydrogens is 329 g/mol. The molecule has 1 aliphatic rings. The molecule has 7 heteroatoms. The third-order valence-corrected chi connectivity index (χ3v) is 4.15. The van der Waals surface area contributed by atoms with Gasteiger partial charge in [0.15, 0.2) is 5.82 Å². The molecule has 0 aliphatic carbocycles.